The van der Waals surface area contributed by atoms with Crippen LogP contribution in [0.15, 0.2) is 0 Å². The lowest BCUT2D eigenvalue weighted by atomic mass is 9.71. The van der Waals surface area contributed by atoms with Gasteiger partial charge in [-0.1, -0.05) is 0 Å². The van der Waals surface area contributed by atoms with E-state index in [2.05, 4.69) is 5.32 Å². The van der Waals surface area contributed by atoms with Gasteiger partial charge >= 0.3 is 12.1 Å². The van der Waals surface area contributed by atoms with Crippen molar-refractivity contribution in [2.45, 2.75) is 50.2 Å². The highest BCUT2D eigenvalue weighted by Crippen LogP contribution is 2.46. The van der Waals surface area contributed by atoms with Gasteiger partial charge in [0.15, 0.2) is 23.3 Å². The van der Waals surface area contributed by atoms with Crippen LogP contribution in [0, 0.1) is 0 Å². The molecule has 0 saturated carbocycles. The fourth-order valence-electron chi connectivity index (χ4n) is 2.75. The lowest BCUT2D eigenvalue weighted by molar-refractivity contribution is -0.230. The first-order chi connectivity index (χ1) is 7.38. The second-order valence-electron chi connectivity index (χ2n) is 4.97. The molecule has 0 spiro atoms. The van der Waals surface area contributed by atoms with E-state index in [-0.39, 0.29) is 6.04 Å². The third kappa shape index (κ3) is 0.870. The highest BCUT2D eigenvalue weighted by molar-refractivity contribution is 5.85. The molecule has 2 bridgehead atoms. The number of hydrogen-bond donors (Lipinski definition) is 1. The summed E-state index contributed by atoms with van der Waals surface area (Å²) in [7, 11) is 0. The Labute approximate surface area is 92.2 Å². The van der Waals surface area contributed by atoms with Crippen molar-refractivity contribution in [2.75, 3.05) is 0 Å². The minimum absolute atomic E-state index is 0.0917. The molecular weight excluding hydrogens is 214 g/mol. The van der Waals surface area contributed by atoms with Gasteiger partial charge in [0.1, 0.15) is 0 Å². The zero-order valence-corrected chi connectivity index (χ0v) is 9.27. The van der Waals surface area contributed by atoms with E-state index in [1.54, 1.807) is 13.8 Å². The average Bonchev–Trinajstić information content (AvgIpc) is 2.57. The standard InChI is InChI=1S/C10H13NO5/c1-4-10(3)6-5(14-8(13)15-6)9(2,11-4)7(12)16-10/h4-6,11H,1-3H3/t4-,5+,6-,9+,10-/m0/s1. The van der Waals surface area contributed by atoms with Gasteiger partial charge in [0, 0.05) is 6.04 Å². The number of fused-ring (bicyclic) bond motifs is 2. The van der Waals surface area contributed by atoms with Gasteiger partial charge in [0.2, 0.25) is 0 Å². The number of nitrogens with one attached hydrogen (secondary N) is 1. The summed E-state index contributed by atoms with van der Waals surface area (Å²) in [4.78, 5) is 23.0. The topological polar surface area (TPSA) is 73.9 Å². The Morgan fingerprint density at radius 3 is 2.50 bits per heavy atom. The molecule has 0 aromatic carbocycles. The molecule has 0 aromatic heterocycles. The van der Waals surface area contributed by atoms with Crippen molar-refractivity contribution in [3.05, 3.63) is 0 Å². The number of ether oxygens (including phenoxy) is 3. The van der Waals surface area contributed by atoms with Crippen LogP contribution in [0.3, 0.4) is 0 Å². The van der Waals surface area contributed by atoms with E-state index in [1.807, 2.05) is 6.92 Å². The molecule has 0 unspecified atom stereocenters. The predicted octanol–water partition coefficient (Wildman–Crippen LogP) is -0.0437. The molecule has 4 aliphatic rings. The summed E-state index contributed by atoms with van der Waals surface area (Å²) in [5, 5.41) is 3.14. The summed E-state index contributed by atoms with van der Waals surface area (Å²) >= 11 is 0. The fraction of sp³-hybridized carbons (Fsp3) is 0.800. The Morgan fingerprint density at radius 1 is 1.19 bits per heavy atom. The summed E-state index contributed by atoms with van der Waals surface area (Å²) < 4.78 is 15.6. The quantitative estimate of drug-likeness (QED) is 0.585. The van der Waals surface area contributed by atoms with Crippen LogP contribution in [-0.4, -0.2) is 41.5 Å². The highest BCUT2D eigenvalue weighted by atomic mass is 16.8. The minimum Gasteiger partial charge on any atom is -0.452 e. The number of carbonyl (C=O) groups excluding carboxylic acids is 2. The predicted molar refractivity (Wildman–Crippen MR) is 50.6 cm³/mol. The van der Waals surface area contributed by atoms with Crippen molar-refractivity contribution in [3.8, 4) is 0 Å². The molecule has 88 valence electrons. The summed E-state index contributed by atoms with van der Waals surface area (Å²) in [6.45, 7) is 5.32. The number of esters is 1. The summed E-state index contributed by atoms with van der Waals surface area (Å²) in [6.07, 6.45) is -1.87. The van der Waals surface area contributed by atoms with E-state index in [9.17, 15) is 9.59 Å². The first-order valence-electron chi connectivity index (χ1n) is 5.26. The second-order valence-corrected chi connectivity index (χ2v) is 4.97. The van der Waals surface area contributed by atoms with Crippen molar-refractivity contribution in [1.29, 1.82) is 0 Å². The van der Waals surface area contributed by atoms with E-state index in [0.29, 0.717) is 0 Å². The van der Waals surface area contributed by atoms with Gasteiger partial charge in [-0.15, -0.1) is 0 Å². The molecule has 0 aliphatic carbocycles. The van der Waals surface area contributed by atoms with Gasteiger partial charge in [-0.2, -0.15) is 0 Å². The third-order valence-electron chi connectivity index (χ3n) is 3.97. The molecule has 4 heterocycles. The summed E-state index contributed by atoms with van der Waals surface area (Å²) in [6, 6.07) is -0.0917. The molecule has 1 N–H and O–H groups in total. The molecular formula is C10H13NO5. The molecule has 6 heteroatoms. The molecule has 4 saturated heterocycles. The Morgan fingerprint density at radius 2 is 1.81 bits per heavy atom. The van der Waals surface area contributed by atoms with Crippen LogP contribution in [0.1, 0.15) is 20.8 Å². The number of carbonyl (C=O) groups is 2. The van der Waals surface area contributed by atoms with Crippen LogP contribution < -0.4 is 5.32 Å². The van der Waals surface area contributed by atoms with Crippen LogP contribution in [0.5, 0.6) is 0 Å². The van der Waals surface area contributed by atoms with E-state index in [4.69, 9.17) is 14.2 Å². The Bertz CT molecular complexity index is 397. The largest absolute Gasteiger partial charge is 0.509 e. The Balaban J connectivity index is 2.11. The lowest BCUT2D eigenvalue weighted by Gasteiger charge is -2.56. The SMILES string of the molecule is C[C@@H]1N[C@@]2(C)C(=O)O[C@]1(C)[C@H]1OC(=O)O[C@H]12. The van der Waals surface area contributed by atoms with Gasteiger partial charge < -0.3 is 14.2 Å². The fourth-order valence-corrected chi connectivity index (χ4v) is 2.75. The lowest BCUT2D eigenvalue weighted by Crippen LogP contribution is -2.82. The molecule has 4 aliphatic heterocycles. The number of morpholine rings is 1. The van der Waals surface area contributed by atoms with Crippen molar-refractivity contribution < 1.29 is 23.8 Å². The smallest absolute Gasteiger partial charge is 0.452 e. The zero-order chi connectivity index (χ0) is 11.7. The van der Waals surface area contributed by atoms with Crippen molar-refractivity contribution in [2.24, 2.45) is 0 Å². The Kier molecular flexibility index (Phi) is 1.55. The van der Waals surface area contributed by atoms with Gasteiger partial charge in [0.25, 0.3) is 0 Å². The van der Waals surface area contributed by atoms with Crippen molar-refractivity contribution >= 4 is 12.1 Å². The monoisotopic (exact) mass is 227 g/mol. The molecule has 4 fully saturated rings. The maximum Gasteiger partial charge on any atom is 0.509 e. The van der Waals surface area contributed by atoms with Crippen LogP contribution in [0.25, 0.3) is 0 Å². The van der Waals surface area contributed by atoms with Gasteiger partial charge in [-0.25, -0.2) is 9.59 Å². The Hall–Kier alpha value is -1.30. The minimum atomic E-state index is -1.01. The van der Waals surface area contributed by atoms with Crippen LogP contribution in [0.4, 0.5) is 4.79 Å². The van der Waals surface area contributed by atoms with Crippen LogP contribution in [0.2, 0.25) is 0 Å². The molecule has 0 radical (unpaired) electrons. The number of piperidine rings is 1. The first kappa shape index (κ1) is 9.89. The molecule has 0 amide bonds. The van der Waals surface area contributed by atoms with Crippen molar-refractivity contribution in [1.82, 2.24) is 5.32 Å². The molecule has 16 heavy (non-hydrogen) atoms. The van der Waals surface area contributed by atoms with E-state index >= 15 is 0 Å². The van der Waals surface area contributed by atoms with E-state index < -0.39 is 35.5 Å². The maximum absolute atomic E-state index is 11.8. The number of hydrogen-bond acceptors (Lipinski definition) is 6. The average molecular weight is 227 g/mol. The normalized spacial score (nSPS) is 54.1. The van der Waals surface area contributed by atoms with Gasteiger partial charge in [-0.05, 0) is 20.8 Å². The number of rotatable bonds is 0. The van der Waals surface area contributed by atoms with E-state index in [0.717, 1.165) is 0 Å². The molecule has 4 rings (SSSR count). The first-order valence-corrected chi connectivity index (χ1v) is 5.26. The van der Waals surface area contributed by atoms with Crippen LogP contribution >= 0.6 is 0 Å². The zero-order valence-electron chi connectivity index (χ0n) is 9.27. The maximum atomic E-state index is 11.8. The van der Waals surface area contributed by atoms with E-state index in [1.165, 1.54) is 0 Å². The summed E-state index contributed by atoms with van der Waals surface area (Å²) in [5.41, 5.74) is -1.86. The van der Waals surface area contributed by atoms with Crippen LogP contribution in [-0.2, 0) is 19.0 Å². The highest BCUT2D eigenvalue weighted by Gasteiger charge is 2.72. The molecule has 5 atom stereocenters. The molecule has 0 aromatic rings. The summed E-state index contributed by atoms with van der Waals surface area (Å²) in [5.74, 6) is -0.396. The molecule has 6 nitrogen and oxygen atoms in total. The van der Waals surface area contributed by atoms with Gasteiger partial charge in [0.05, 0.1) is 0 Å². The second kappa shape index (κ2) is 2.51. The van der Waals surface area contributed by atoms with Gasteiger partial charge in [-0.3, -0.25) is 5.32 Å². The van der Waals surface area contributed by atoms with Crippen molar-refractivity contribution in [3.63, 3.8) is 0 Å². The third-order valence-corrected chi connectivity index (χ3v) is 3.97.